The molecule has 0 saturated heterocycles. The second kappa shape index (κ2) is 2.35. The van der Waals surface area contributed by atoms with Crippen LogP contribution in [0.15, 0.2) is 24.5 Å². The summed E-state index contributed by atoms with van der Waals surface area (Å²) in [5, 5.41) is 8.68. The van der Waals surface area contributed by atoms with Crippen molar-refractivity contribution in [2.24, 2.45) is 0 Å². The Morgan fingerprint density at radius 3 is 3.08 bits per heavy atom. The minimum atomic E-state index is 0.439. The molecule has 0 saturated carbocycles. The highest BCUT2D eigenvalue weighted by atomic mass is 15.0. The van der Waals surface area contributed by atoms with E-state index in [2.05, 4.69) is 4.98 Å². The number of nitriles is 1. The zero-order valence-corrected chi connectivity index (χ0v) is 6.65. The number of fused-ring (bicyclic) bond motifs is 1. The minimum absolute atomic E-state index is 0.439. The van der Waals surface area contributed by atoms with Gasteiger partial charge in [-0.3, -0.25) is 4.40 Å². The molecule has 2 rings (SSSR count). The molecule has 0 aromatic carbocycles. The summed E-state index contributed by atoms with van der Waals surface area (Å²) in [6.07, 6.45) is 3.60. The first-order valence-corrected chi connectivity index (χ1v) is 3.65. The van der Waals surface area contributed by atoms with Crippen LogP contribution in [0.25, 0.3) is 5.52 Å². The van der Waals surface area contributed by atoms with Crippen LogP contribution in [-0.2, 0) is 0 Å². The molecule has 0 N–H and O–H groups in total. The lowest BCUT2D eigenvalue weighted by Gasteiger charge is -1.95. The maximum absolute atomic E-state index is 8.68. The molecular formula is C9H7N3. The third-order valence-corrected chi connectivity index (χ3v) is 1.78. The van der Waals surface area contributed by atoms with Gasteiger partial charge in [-0.2, -0.15) is 5.26 Å². The van der Waals surface area contributed by atoms with Crippen molar-refractivity contribution in [3.05, 3.63) is 35.9 Å². The Balaban J connectivity index is 2.86. The van der Waals surface area contributed by atoms with Crippen LogP contribution in [0.2, 0.25) is 0 Å². The van der Waals surface area contributed by atoms with Gasteiger partial charge >= 0.3 is 0 Å². The maximum Gasteiger partial charge on any atom is 0.217 e. The van der Waals surface area contributed by atoms with Crippen LogP contribution >= 0.6 is 0 Å². The summed E-state index contributed by atoms with van der Waals surface area (Å²) in [7, 11) is 0. The van der Waals surface area contributed by atoms with Gasteiger partial charge < -0.3 is 0 Å². The second-order valence-electron chi connectivity index (χ2n) is 2.69. The summed E-state index contributed by atoms with van der Waals surface area (Å²) in [5.41, 5.74) is 2.08. The van der Waals surface area contributed by atoms with Crippen molar-refractivity contribution < 1.29 is 0 Å². The third kappa shape index (κ3) is 0.857. The number of hydrogen-bond donors (Lipinski definition) is 0. The van der Waals surface area contributed by atoms with E-state index in [0.29, 0.717) is 5.82 Å². The first-order chi connectivity index (χ1) is 5.81. The number of aryl methyl sites for hydroxylation is 1. The van der Waals surface area contributed by atoms with Gasteiger partial charge in [-0.05, 0) is 18.6 Å². The molecule has 0 spiro atoms. The lowest BCUT2D eigenvalue weighted by molar-refractivity contribution is 1.09. The zero-order chi connectivity index (χ0) is 8.55. The molecule has 2 heterocycles. The van der Waals surface area contributed by atoms with Crippen LogP contribution in [0.5, 0.6) is 0 Å². The molecule has 0 amide bonds. The Kier molecular flexibility index (Phi) is 1.34. The summed E-state index contributed by atoms with van der Waals surface area (Å²) in [4.78, 5) is 3.96. The molecule has 3 heteroatoms. The molecule has 0 bridgehead atoms. The molecule has 2 aromatic rings. The number of hydrogen-bond acceptors (Lipinski definition) is 2. The highest BCUT2D eigenvalue weighted by Crippen LogP contribution is 2.07. The summed E-state index contributed by atoms with van der Waals surface area (Å²) in [6.45, 7) is 1.99. The highest BCUT2D eigenvalue weighted by Gasteiger charge is 2.00. The van der Waals surface area contributed by atoms with Gasteiger partial charge in [0.05, 0.1) is 11.7 Å². The van der Waals surface area contributed by atoms with Gasteiger partial charge in [-0.1, -0.05) is 6.07 Å². The van der Waals surface area contributed by atoms with Crippen molar-refractivity contribution in [2.45, 2.75) is 6.92 Å². The first-order valence-electron chi connectivity index (χ1n) is 3.65. The molecule has 0 unspecified atom stereocenters. The molecule has 2 aromatic heterocycles. The fourth-order valence-electron chi connectivity index (χ4n) is 1.18. The van der Waals surface area contributed by atoms with E-state index in [-0.39, 0.29) is 0 Å². The normalized spacial score (nSPS) is 10.0. The van der Waals surface area contributed by atoms with Crippen molar-refractivity contribution in [3.8, 4) is 6.07 Å². The van der Waals surface area contributed by atoms with Gasteiger partial charge in [0.25, 0.3) is 0 Å². The molecule has 0 fully saturated rings. The number of imidazole rings is 1. The molecule has 3 nitrogen and oxygen atoms in total. The Bertz CT molecular complexity index is 462. The number of pyridine rings is 1. The molecular weight excluding hydrogens is 150 g/mol. The largest absolute Gasteiger partial charge is 0.291 e. The summed E-state index contributed by atoms with van der Waals surface area (Å²) in [6, 6.07) is 5.97. The maximum atomic E-state index is 8.68. The van der Waals surface area contributed by atoms with Crippen molar-refractivity contribution in [1.82, 2.24) is 9.38 Å². The van der Waals surface area contributed by atoms with Gasteiger partial charge in [-0.15, -0.1) is 0 Å². The van der Waals surface area contributed by atoms with E-state index in [9.17, 15) is 0 Å². The Morgan fingerprint density at radius 1 is 1.50 bits per heavy atom. The second-order valence-corrected chi connectivity index (χ2v) is 2.69. The predicted octanol–water partition coefficient (Wildman–Crippen LogP) is 1.51. The molecule has 0 aliphatic carbocycles. The van der Waals surface area contributed by atoms with Gasteiger partial charge in [0, 0.05) is 6.20 Å². The fourth-order valence-corrected chi connectivity index (χ4v) is 1.18. The smallest absolute Gasteiger partial charge is 0.217 e. The van der Waals surface area contributed by atoms with Crippen LogP contribution in [0.4, 0.5) is 0 Å². The summed E-state index contributed by atoms with van der Waals surface area (Å²) >= 11 is 0. The van der Waals surface area contributed by atoms with Crippen molar-refractivity contribution in [2.75, 3.05) is 0 Å². The molecule has 0 radical (unpaired) electrons. The van der Waals surface area contributed by atoms with Crippen LogP contribution in [0, 0.1) is 18.3 Å². The topological polar surface area (TPSA) is 41.1 Å². The van der Waals surface area contributed by atoms with Crippen LogP contribution < -0.4 is 0 Å². The molecule has 0 aliphatic heterocycles. The number of nitrogens with zero attached hydrogens (tertiary/aromatic N) is 3. The molecule has 0 atom stereocenters. The standard InChI is InChI=1S/C9H7N3/c1-7-2-3-8-5-11-9(4-10)12(8)6-7/h2-3,5-6H,1H3. The van der Waals surface area contributed by atoms with Crippen LogP contribution in [0.3, 0.4) is 0 Å². The minimum Gasteiger partial charge on any atom is -0.291 e. The fraction of sp³-hybridized carbons (Fsp3) is 0.111. The van der Waals surface area contributed by atoms with E-state index < -0.39 is 0 Å². The van der Waals surface area contributed by atoms with Crippen LogP contribution in [0.1, 0.15) is 11.4 Å². The average molecular weight is 157 g/mol. The summed E-state index contributed by atoms with van der Waals surface area (Å²) in [5.74, 6) is 0.439. The summed E-state index contributed by atoms with van der Waals surface area (Å²) < 4.78 is 1.79. The van der Waals surface area contributed by atoms with Gasteiger partial charge in [0.15, 0.2) is 0 Å². The lowest BCUT2D eigenvalue weighted by Crippen LogP contribution is -1.88. The van der Waals surface area contributed by atoms with Gasteiger partial charge in [0.2, 0.25) is 5.82 Å². The first kappa shape index (κ1) is 6.86. The Hall–Kier alpha value is -1.82. The van der Waals surface area contributed by atoms with Gasteiger partial charge in [0.1, 0.15) is 6.07 Å². The third-order valence-electron chi connectivity index (χ3n) is 1.78. The number of rotatable bonds is 0. The van der Waals surface area contributed by atoms with Gasteiger partial charge in [-0.25, -0.2) is 4.98 Å². The number of aromatic nitrogens is 2. The molecule has 12 heavy (non-hydrogen) atoms. The molecule has 58 valence electrons. The van der Waals surface area contributed by atoms with Crippen molar-refractivity contribution in [3.63, 3.8) is 0 Å². The van der Waals surface area contributed by atoms with Crippen molar-refractivity contribution in [1.29, 1.82) is 5.26 Å². The quantitative estimate of drug-likeness (QED) is 0.581. The average Bonchev–Trinajstić information content (AvgIpc) is 2.46. The van der Waals surface area contributed by atoms with E-state index >= 15 is 0 Å². The Labute approximate surface area is 69.9 Å². The van der Waals surface area contributed by atoms with E-state index in [1.807, 2.05) is 31.3 Å². The van der Waals surface area contributed by atoms with E-state index in [0.717, 1.165) is 11.1 Å². The monoisotopic (exact) mass is 157 g/mol. The van der Waals surface area contributed by atoms with E-state index in [1.165, 1.54) is 0 Å². The van der Waals surface area contributed by atoms with E-state index in [1.54, 1.807) is 10.6 Å². The SMILES string of the molecule is Cc1ccc2cnc(C#N)n2c1. The highest BCUT2D eigenvalue weighted by molar-refractivity contribution is 5.48. The van der Waals surface area contributed by atoms with Crippen molar-refractivity contribution >= 4 is 5.52 Å². The zero-order valence-electron chi connectivity index (χ0n) is 6.65. The van der Waals surface area contributed by atoms with E-state index in [4.69, 9.17) is 5.26 Å². The van der Waals surface area contributed by atoms with Crippen LogP contribution in [-0.4, -0.2) is 9.38 Å². The molecule has 0 aliphatic rings. The predicted molar refractivity (Wildman–Crippen MR) is 44.6 cm³/mol. The Morgan fingerprint density at radius 2 is 2.33 bits per heavy atom. The lowest BCUT2D eigenvalue weighted by atomic mass is 10.3.